The Balaban J connectivity index is 0.733. The molecule has 2 unspecified atom stereocenters. The van der Waals surface area contributed by atoms with E-state index in [4.69, 9.17) is 0 Å². The summed E-state index contributed by atoms with van der Waals surface area (Å²) in [6.07, 6.45) is 17.4. The normalized spacial score (nSPS) is 14.6. The van der Waals surface area contributed by atoms with Crippen molar-refractivity contribution in [3.05, 3.63) is 421 Å². The van der Waals surface area contributed by atoms with E-state index < -0.39 is 0 Å². The Kier molecular flexibility index (Phi) is 19.5. The van der Waals surface area contributed by atoms with Crippen LogP contribution in [0.3, 0.4) is 0 Å². The van der Waals surface area contributed by atoms with Gasteiger partial charge in [0.2, 0.25) is 0 Å². The number of fused-ring (bicyclic) bond motifs is 6. The molecule has 0 aromatic heterocycles. The molecule has 0 spiro atoms. The maximum atomic E-state index is 3.96. The van der Waals surface area contributed by atoms with Crippen LogP contribution in [-0.2, 0) is 23.7 Å². The van der Waals surface area contributed by atoms with E-state index in [0.717, 1.165) is 83.8 Å². The second-order valence-corrected chi connectivity index (χ2v) is 28.4. The highest BCUT2D eigenvalue weighted by atomic mass is 15.1. The fraction of sp³-hybridized carbons (Fsp3) is 0.137. The number of rotatable bonds is 27. The van der Waals surface area contributed by atoms with Crippen LogP contribution in [0.5, 0.6) is 0 Å². The van der Waals surface area contributed by atoms with Crippen LogP contribution in [0.25, 0.3) is 67.8 Å². The molecule has 0 fully saturated rings. The Labute approximate surface area is 616 Å². The summed E-state index contributed by atoms with van der Waals surface area (Å²) in [7, 11) is 0. The molecule has 0 saturated carbocycles. The smallest absolute Gasteiger partial charge is 0.0465 e. The maximum Gasteiger partial charge on any atom is 0.0465 e. The number of hydrogen-bond acceptors (Lipinski definition) is 2. The summed E-state index contributed by atoms with van der Waals surface area (Å²) >= 11 is 0. The van der Waals surface area contributed by atoms with E-state index in [2.05, 4.69) is 375 Å². The largest absolute Gasteiger partial charge is 0.310 e. The van der Waals surface area contributed by atoms with Crippen LogP contribution in [-0.4, -0.2) is 0 Å². The van der Waals surface area contributed by atoms with Gasteiger partial charge < -0.3 is 9.80 Å². The summed E-state index contributed by atoms with van der Waals surface area (Å²) in [6.45, 7) is 7.92. The highest BCUT2D eigenvalue weighted by molar-refractivity contribution is 5.91. The van der Waals surface area contributed by atoms with Gasteiger partial charge in [0.15, 0.2) is 0 Å². The number of nitrogens with zero attached hydrogens (tertiary/aromatic N) is 2. The van der Waals surface area contributed by atoms with Crippen LogP contribution in [0.4, 0.5) is 34.1 Å². The fourth-order valence-corrected chi connectivity index (χ4v) is 17.0. The van der Waals surface area contributed by atoms with Gasteiger partial charge in [0.1, 0.15) is 0 Å². The third-order valence-electron chi connectivity index (χ3n) is 22.3. The van der Waals surface area contributed by atoms with Gasteiger partial charge in [0, 0.05) is 45.0 Å². The Morgan fingerprint density at radius 1 is 0.231 bits per heavy atom. The molecule has 0 N–H and O–H groups in total. The zero-order chi connectivity index (χ0) is 70.1. The zero-order valence-electron chi connectivity index (χ0n) is 59.4. The fourth-order valence-electron chi connectivity index (χ4n) is 17.0. The van der Waals surface area contributed by atoms with Gasteiger partial charge in [0.05, 0.1) is 0 Å². The molecule has 14 aromatic rings. The lowest BCUT2D eigenvalue weighted by Gasteiger charge is -2.34. The molecule has 14 aromatic carbocycles. The monoisotopic (exact) mass is 1340 g/mol. The van der Waals surface area contributed by atoms with Crippen molar-refractivity contribution in [3.8, 4) is 55.6 Å². The molecular weight excluding hydrogens is 1250 g/mol. The maximum absolute atomic E-state index is 3.96. The summed E-state index contributed by atoms with van der Waals surface area (Å²) in [4.78, 5) is 4.94. The molecule has 2 atom stereocenters. The molecule has 0 heterocycles. The number of unbranched alkanes of at least 4 members (excludes halogenated alkanes) is 6. The SMILES string of the molecule is C=Cc1ccc(CCCCCCC2(c3ccccc3)c3ccccc3-c3ccc(N(c4ccc(-c5ccccc5)cc4)c4ccc(-c5ccc(N(c6ccc(-c7ccccc7)cc6)c6ccc7c(c6)C(CCCCCCc6ccc(C=C)cc6)(c6ccccc6)c6ccccc6-7)cc5)cc4)cc32)cc1. The van der Waals surface area contributed by atoms with Crippen molar-refractivity contribution in [1.29, 1.82) is 0 Å². The first-order valence-corrected chi connectivity index (χ1v) is 37.6. The average Bonchev–Trinajstić information content (AvgIpc) is 1.53. The van der Waals surface area contributed by atoms with Gasteiger partial charge in [-0.25, -0.2) is 0 Å². The molecule has 104 heavy (non-hydrogen) atoms. The lowest BCUT2D eigenvalue weighted by molar-refractivity contribution is 0.511. The molecule has 0 saturated heterocycles. The van der Waals surface area contributed by atoms with Crippen molar-refractivity contribution in [2.24, 2.45) is 0 Å². The van der Waals surface area contributed by atoms with Crippen LogP contribution in [0.1, 0.15) is 120 Å². The van der Waals surface area contributed by atoms with Crippen molar-refractivity contribution in [2.75, 3.05) is 9.80 Å². The number of hydrogen-bond donors (Lipinski definition) is 0. The molecule has 2 nitrogen and oxygen atoms in total. The molecule has 506 valence electrons. The Morgan fingerprint density at radius 3 is 0.846 bits per heavy atom. The Hall–Kier alpha value is -11.8. The van der Waals surface area contributed by atoms with Gasteiger partial charge in [-0.05, 0) is 223 Å². The second kappa shape index (κ2) is 30.4. The van der Waals surface area contributed by atoms with Crippen LogP contribution in [0.15, 0.2) is 365 Å². The molecule has 0 amide bonds. The summed E-state index contributed by atoms with van der Waals surface area (Å²) in [6, 6.07) is 132. The molecule has 2 heteroatoms. The minimum atomic E-state index is -0.330. The van der Waals surface area contributed by atoms with E-state index in [9.17, 15) is 0 Å². The molecule has 0 radical (unpaired) electrons. The molecule has 0 aliphatic heterocycles. The lowest BCUT2D eigenvalue weighted by Crippen LogP contribution is -2.27. The molecule has 2 aliphatic rings. The zero-order valence-corrected chi connectivity index (χ0v) is 59.4. The first-order chi connectivity index (χ1) is 51.4. The van der Waals surface area contributed by atoms with E-state index in [1.807, 2.05) is 12.2 Å². The lowest BCUT2D eigenvalue weighted by atomic mass is 9.69. The van der Waals surface area contributed by atoms with Crippen molar-refractivity contribution in [1.82, 2.24) is 0 Å². The van der Waals surface area contributed by atoms with Gasteiger partial charge in [-0.15, -0.1) is 0 Å². The van der Waals surface area contributed by atoms with Crippen molar-refractivity contribution in [3.63, 3.8) is 0 Å². The predicted molar refractivity (Wildman–Crippen MR) is 442 cm³/mol. The van der Waals surface area contributed by atoms with Gasteiger partial charge in [0.25, 0.3) is 0 Å². The van der Waals surface area contributed by atoms with Gasteiger partial charge in [-0.2, -0.15) is 0 Å². The third kappa shape index (κ3) is 13.3. The topological polar surface area (TPSA) is 6.48 Å². The quantitative estimate of drug-likeness (QED) is 0.0474. The van der Waals surface area contributed by atoms with E-state index in [0.29, 0.717) is 0 Å². The average molecular weight is 1340 g/mol. The number of benzene rings is 14. The predicted octanol–water partition coefficient (Wildman–Crippen LogP) is 27.9. The summed E-state index contributed by atoms with van der Waals surface area (Å²) in [5.74, 6) is 0. The van der Waals surface area contributed by atoms with E-state index in [-0.39, 0.29) is 10.8 Å². The highest BCUT2D eigenvalue weighted by Gasteiger charge is 2.46. The molecule has 2 aliphatic carbocycles. The summed E-state index contributed by atoms with van der Waals surface area (Å²) < 4.78 is 0. The number of anilines is 6. The highest BCUT2D eigenvalue weighted by Crippen LogP contribution is 2.59. The van der Waals surface area contributed by atoms with Crippen molar-refractivity contribution in [2.45, 2.75) is 87.9 Å². The van der Waals surface area contributed by atoms with Crippen LogP contribution >= 0.6 is 0 Å². The standard InChI is InChI=1S/C102H88N2/c1-3-75-43-47-77(48-44-75)29-13-5-7-27-71-101(85-35-19-11-20-36-85)97-41-25-23-39-93(97)95-69-67-91(73-99(95)101)103(87-59-51-81(52-60-87)79-31-15-9-16-32-79)89-63-55-83(56-64-89)84-57-65-90(66-58-84)104(88-61-53-82(54-62-88)80-33-17-10-18-34-80)92-68-70-96-94-40-24-26-42-98(94)102(100(96)74-92,86-37-21-12-22-38-86)72-28-8-6-14-30-78-49-45-76(4-2)46-50-78/h3-4,9-12,15-26,31-70,73-74H,1-2,5-8,13-14,27-30,71-72H2. The molecular formula is C102H88N2. The molecule has 0 bridgehead atoms. The first-order valence-electron chi connectivity index (χ1n) is 37.6. The van der Waals surface area contributed by atoms with Crippen molar-refractivity contribution < 1.29 is 0 Å². The Bertz CT molecular complexity index is 4900. The van der Waals surface area contributed by atoms with Gasteiger partial charge in [-0.3, -0.25) is 0 Å². The first kappa shape index (κ1) is 66.7. The third-order valence-corrected chi connectivity index (χ3v) is 22.3. The van der Waals surface area contributed by atoms with Crippen LogP contribution in [0, 0.1) is 0 Å². The second-order valence-electron chi connectivity index (χ2n) is 28.4. The van der Waals surface area contributed by atoms with Gasteiger partial charge in [-0.1, -0.05) is 343 Å². The molecule has 16 rings (SSSR count). The van der Waals surface area contributed by atoms with Crippen LogP contribution < -0.4 is 9.80 Å². The minimum Gasteiger partial charge on any atom is -0.310 e. The summed E-state index contributed by atoms with van der Waals surface area (Å²) in [5, 5.41) is 0. The minimum absolute atomic E-state index is 0.330. The number of aryl methyl sites for hydroxylation is 2. The summed E-state index contributed by atoms with van der Waals surface area (Å²) in [5.41, 5.74) is 31.8. The van der Waals surface area contributed by atoms with Crippen LogP contribution in [0.2, 0.25) is 0 Å². The van der Waals surface area contributed by atoms with Crippen molar-refractivity contribution >= 4 is 46.3 Å². The van der Waals surface area contributed by atoms with Gasteiger partial charge >= 0.3 is 0 Å². The van der Waals surface area contributed by atoms with E-state index >= 15 is 0 Å². The Morgan fingerprint density at radius 2 is 0.510 bits per heavy atom. The van der Waals surface area contributed by atoms with E-state index in [1.165, 1.54) is 139 Å². The van der Waals surface area contributed by atoms with E-state index in [1.54, 1.807) is 0 Å².